The zero-order valence-corrected chi connectivity index (χ0v) is 11.2. The van der Waals surface area contributed by atoms with E-state index in [2.05, 4.69) is 0 Å². The molecule has 0 aliphatic carbocycles. The van der Waals surface area contributed by atoms with Gasteiger partial charge in [0.15, 0.2) is 0 Å². The third-order valence-electron chi connectivity index (χ3n) is 2.73. The van der Waals surface area contributed by atoms with Crippen molar-refractivity contribution in [3.05, 3.63) is 29.6 Å². The van der Waals surface area contributed by atoms with Gasteiger partial charge in [-0.25, -0.2) is 4.39 Å². The summed E-state index contributed by atoms with van der Waals surface area (Å²) in [7, 11) is 1.50. The second-order valence-electron chi connectivity index (χ2n) is 4.36. The van der Waals surface area contributed by atoms with Crippen molar-refractivity contribution in [2.75, 3.05) is 13.7 Å². The van der Waals surface area contributed by atoms with Crippen LogP contribution in [0.15, 0.2) is 18.2 Å². The molecule has 0 aliphatic rings. The van der Waals surface area contributed by atoms with Gasteiger partial charge in [-0.2, -0.15) is 0 Å². The van der Waals surface area contributed by atoms with Crippen LogP contribution < -0.4 is 4.74 Å². The monoisotopic (exact) mass is 254 g/mol. The molecule has 0 amide bonds. The molecule has 1 rings (SSSR count). The Morgan fingerprint density at radius 2 is 2.06 bits per heavy atom. The van der Waals surface area contributed by atoms with Gasteiger partial charge in [-0.15, -0.1) is 0 Å². The van der Waals surface area contributed by atoms with Crippen molar-refractivity contribution < 1.29 is 18.7 Å². The Bertz CT molecular complexity index is 416. The Morgan fingerprint density at radius 1 is 1.39 bits per heavy atom. The Kier molecular flexibility index (Phi) is 5.13. The van der Waals surface area contributed by atoms with Gasteiger partial charge in [0.2, 0.25) is 0 Å². The average Bonchev–Trinajstić information content (AvgIpc) is 2.29. The van der Waals surface area contributed by atoms with Gasteiger partial charge < -0.3 is 9.47 Å². The number of carbonyl (C=O) groups is 1. The van der Waals surface area contributed by atoms with Gasteiger partial charge in [0.05, 0.1) is 19.6 Å². The van der Waals surface area contributed by atoms with Crippen LogP contribution in [0.3, 0.4) is 0 Å². The fraction of sp³-hybridized carbons (Fsp3) is 0.500. The van der Waals surface area contributed by atoms with Crippen LogP contribution in [0, 0.1) is 11.7 Å². The standard InChI is InChI=1S/C14H19FO3/c1-5-18-14(16)13(9(2)3)11-8-10(15)6-7-12(11)17-4/h6-9,13H,5H2,1-4H3. The summed E-state index contributed by atoms with van der Waals surface area (Å²) in [5.74, 6) is -0.754. The molecule has 0 N–H and O–H groups in total. The van der Waals surface area contributed by atoms with Crippen LogP contribution >= 0.6 is 0 Å². The summed E-state index contributed by atoms with van der Waals surface area (Å²) in [6.07, 6.45) is 0. The van der Waals surface area contributed by atoms with Crippen molar-refractivity contribution in [1.29, 1.82) is 0 Å². The molecule has 0 saturated carbocycles. The highest BCUT2D eigenvalue weighted by molar-refractivity contribution is 5.79. The molecule has 0 heterocycles. The Morgan fingerprint density at radius 3 is 2.56 bits per heavy atom. The van der Waals surface area contributed by atoms with Crippen molar-refractivity contribution >= 4 is 5.97 Å². The van der Waals surface area contributed by atoms with Crippen LogP contribution in [0.4, 0.5) is 4.39 Å². The lowest BCUT2D eigenvalue weighted by Crippen LogP contribution is -2.21. The molecule has 100 valence electrons. The molecule has 3 nitrogen and oxygen atoms in total. The Hall–Kier alpha value is -1.58. The maximum atomic E-state index is 13.3. The predicted molar refractivity (Wildman–Crippen MR) is 67.2 cm³/mol. The smallest absolute Gasteiger partial charge is 0.313 e. The molecule has 0 saturated heterocycles. The number of carbonyl (C=O) groups excluding carboxylic acids is 1. The number of methoxy groups -OCH3 is 1. The summed E-state index contributed by atoms with van der Waals surface area (Å²) in [4.78, 5) is 12.0. The minimum atomic E-state index is -0.518. The second kappa shape index (κ2) is 6.38. The van der Waals surface area contributed by atoms with E-state index in [1.807, 2.05) is 13.8 Å². The summed E-state index contributed by atoms with van der Waals surface area (Å²) in [5.41, 5.74) is 0.533. The Balaban J connectivity index is 3.20. The quantitative estimate of drug-likeness (QED) is 0.757. The maximum absolute atomic E-state index is 13.3. The first-order valence-electron chi connectivity index (χ1n) is 6.01. The Labute approximate surface area is 107 Å². The van der Waals surface area contributed by atoms with Crippen LogP contribution in [0.25, 0.3) is 0 Å². The molecule has 0 aliphatic heterocycles. The highest BCUT2D eigenvalue weighted by Gasteiger charge is 2.28. The molecule has 18 heavy (non-hydrogen) atoms. The van der Waals surface area contributed by atoms with E-state index in [-0.39, 0.29) is 17.7 Å². The maximum Gasteiger partial charge on any atom is 0.313 e. The second-order valence-corrected chi connectivity index (χ2v) is 4.36. The van der Waals surface area contributed by atoms with Crippen molar-refractivity contribution in [2.24, 2.45) is 5.92 Å². The molecule has 1 atom stereocenters. The number of hydrogen-bond acceptors (Lipinski definition) is 3. The molecule has 0 radical (unpaired) electrons. The molecule has 0 aromatic heterocycles. The van der Waals surface area contributed by atoms with Gasteiger partial charge >= 0.3 is 5.97 Å². The van der Waals surface area contributed by atoms with Gasteiger partial charge in [0, 0.05) is 5.56 Å². The first-order chi connectivity index (χ1) is 8.51. The zero-order chi connectivity index (χ0) is 13.7. The molecule has 0 spiro atoms. The fourth-order valence-corrected chi connectivity index (χ4v) is 1.94. The third kappa shape index (κ3) is 3.22. The molecule has 1 unspecified atom stereocenters. The predicted octanol–water partition coefficient (Wildman–Crippen LogP) is 3.14. The molecule has 1 aromatic rings. The van der Waals surface area contributed by atoms with E-state index >= 15 is 0 Å². The number of esters is 1. The van der Waals surface area contributed by atoms with Gasteiger partial charge in [-0.1, -0.05) is 13.8 Å². The van der Waals surface area contributed by atoms with E-state index in [0.717, 1.165) is 0 Å². The molecular formula is C14H19FO3. The van der Waals surface area contributed by atoms with E-state index in [0.29, 0.717) is 17.9 Å². The van der Waals surface area contributed by atoms with E-state index in [9.17, 15) is 9.18 Å². The van der Waals surface area contributed by atoms with Crippen LogP contribution in [0.5, 0.6) is 5.75 Å². The summed E-state index contributed by atoms with van der Waals surface area (Å²) in [5, 5.41) is 0. The van der Waals surface area contributed by atoms with E-state index in [1.54, 1.807) is 6.92 Å². The van der Waals surface area contributed by atoms with Crippen LogP contribution in [-0.4, -0.2) is 19.7 Å². The lowest BCUT2D eigenvalue weighted by Gasteiger charge is -2.21. The van der Waals surface area contributed by atoms with Gasteiger partial charge in [0.25, 0.3) is 0 Å². The number of ether oxygens (including phenoxy) is 2. The minimum absolute atomic E-state index is 0.000231. The summed E-state index contributed by atoms with van der Waals surface area (Å²) < 4.78 is 23.6. The SMILES string of the molecule is CCOC(=O)C(c1cc(F)ccc1OC)C(C)C. The normalized spacial score (nSPS) is 12.3. The molecule has 4 heteroatoms. The molecule has 1 aromatic carbocycles. The number of hydrogen-bond donors (Lipinski definition) is 0. The van der Waals surface area contributed by atoms with E-state index in [4.69, 9.17) is 9.47 Å². The first-order valence-corrected chi connectivity index (χ1v) is 6.01. The third-order valence-corrected chi connectivity index (χ3v) is 2.73. The van der Waals surface area contributed by atoms with Gasteiger partial charge in [-0.3, -0.25) is 4.79 Å². The highest BCUT2D eigenvalue weighted by Crippen LogP contribution is 2.33. The summed E-state index contributed by atoms with van der Waals surface area (Å²) >= 11 is 0. The van der Waals surface area contributed by atoms with Crippen LogP contribution in [-0.2, 0) is 9.53 Å². The number of rotatable bonds is 5. The van der Waals surface area contributed by atoms with Crippen molar-refractivity contribution in [1.82, 2.24) is 0 Å². The molecule has 0 fully saturated rings. The van der Waals surface area contributed by atoms with Crippen LogP contribution in [0.1, 0.15) is 32.3 Å². The van der Waals surface area contributed by atoms with Crippen LogP contribution in [0.2, 0.25) is 0 Å². The summed E-state index contributed by atoms with van der Waals surface area (Å²) in [6.45, 7) is 5.84. The number of halogens is 1. The molecular weight excluding hydrogens is 235 g/mol. The fourth-order valence-electron chi connectivity index (χ4n) is 1.94. The number of benzene rings is 1. The lowest BCUT2D eigenvalue weighted by atomic mass is 9.88. The average molecular weight is 254 g/mol. The largest absolute Gasteiger partial charge is 0.496 e. The highest BCUT2D eigenvalue weighted by atomic mass is 19.1. The van der Waals surface area contributed by atoms with Gasteiger partial charge in [0.1, 0.15) is 11.6 Å². The van der Waals surface area contributed by atoms with E-state index < -0.39 is 5.92 Å². The molecule has 0 bridgehead atoms. The van der Waals surface area contributed by atoms with Crippen molar-refractivity contribution in [3.63, 3.8) is 0 Å². The summed E-state index contributed by atoms with van der Waals surface area (Å²) in [6, 6.07) is 4.17. The minimum Gasteiger partial charge on any atom is -0.496 e. The first kappa shape index (κ1) is 14.5. The van der Waals surface area contributed by atoms with E-state index in [1.165, 1.54) is 25.3 Å². The van der Waals surface area contributed by atoms with Crippen molar-refractivity contribution in [3.8, 4) is 5.75 Å². The topological polar surface area (TPSA) is 35.5 Å². The van der Waals surface area contributed by atoms with Crippen molar-refractivity contribution in [2.45, 2.75) is 26.7 Å². The lowest BCUT2D eigenvalue weighted by molar-refractivity contribution is -0.146. The van der Waals surface area contributed by atoms with Gasteiger partial charge in [-0.05, 0) is 31.0 Å². The zero-order valence-electron chi connectivity index (χ0n) is 11.2.